The fourth-order valence-electron chi connectivity index (χ4n) is 3.40. The van der Waals surface area contributed by atoms with Crippen molar-refractivity contribution in [3.05, 3.63) is 36.3 Å². The molecule has 0 saturated carbocycles. The van der Waals surface area contributed by atoms with Gasteiger partial charge in [0.25, 0.3) is 5.91 Å². The van der Waals surface area contributed by atoms with Crippen LogP contribution >= 0.6 is 0 Å². The highest BCUT2D eigenvalue weighted by Gasteiger charge is 2.32. The molecule has 5 rings (SSSR count). The van der Waals surface area contributed by atoms with Crippen LogP contribution in [0.1, 0.15) is 23.3 Å². The van der Waals surface area contributed by atoms with Crippen LogP contribution in [0, 0.1) is 0 Å². The van der Waals surface area contributed by atoms with Gasteiger partial charge in [-0.2, -0.15) is 5.10 Å². The van der Waals surface area contributed by atoms with E-state index in [1.54, 1.807) is 12.4 Å². The van der Waals surface area contributed by atoms with Crippen LogP contribution in [0.25, 0.3) is 11.3 Å². The zero-order valence-corrected chi connectivity index (χ0v) is 12.4. The van der Waals surface area contributed by atoms with E-state index in [2.05, 4.69) is 20.1 Å². The number of H-pyrrole nitrogens is 1. The molecule has 3 aliphatic rings. The van der Waals surface area contributed by atoms with Crippen LogP contribution < -0.4 is 0 Å². The molecule has 3 aliphatic heterocycles. The summed E-state index contributed by atoms with van der Waals surface area (Å²) in [6, 6.07) is 6.01. The number of nitrogens with one attached hydrogen (secondary N) is 1. The maximum atomic E-state index is 12.8. The van der Waals surface area contributed by atoms with Gasteiger partial charge in [0, 0.05) is 50.2 Å². The highest BCUT2D eigenvalue weighted by molar-refractivity contribution is 5.93. The second kappa shape index (κ2) is 5.53. The first kappa shape index (κ1) is 13.5. The lowest BCUT2D eigenvalue weighted by Gasteiger charge is -2.31. The third-order valence-electron chi connectivity index (χ3n) is 4.68. The highest BCUT2D eigenvalue weighted by Crippen LogP contribution is 2.23. The number of nitrogens with zero attached hydrogens (tertiary/aromatic N) is 4. The van der Waals surface area contributed by atoms with Crippen molar-refractivity contribution in [1.29, 1.82) is 0 Å². The van der Waals surface area contributed by atoms with E-state index in [0.717, 1.165) is 50.3 Å². The zero-order valence-electron chi connectivity index (χ0n) is 12.4. The lowest BCUT2D eigenvalue weighted by Crippen LogP contribution is -2.41. The van der Waals surface area contributed by atoms with Gasteiger partial charge in [-0.1, -0.05) is 0 Å². The number of pyridine rings is 1. The number of rotatable bonds is 2. The first-order valence-electron chi connectivity index (χ1n) is 7.80. The van der Waals surface area contributed by atoms with Crippen LogP contribution in [-0.2, 0) is 0 Å². The molecule has 1 amide bonds. The van der Waals surface area contributed by atoms with E-state index in [9.17, 15) is 4.79 Å². The van der Waals surface area contributed by atoms with Gasteiger partial charge >= 0.3 is 0 Å². The Morgan fingerprint density at radius 2 is 2.09 bits per heavy atom. The van der Waals surface area contributed by atoms with Crippen molar-refractivity contribution in [2.24, 2.45) is 0 Å². The molecule has 3 saturated heterocycles. The molecule has 6 nitrogen and oxygen atoms in total. The minimum absolute atomic E-state index is 0.0661. The maximum Gasteiger partial charge on any atom is 0.272 e. The maximum absolute atomic E-state index is 12.8. The van der Waals surface area contributed by atoms with E-state index < -0.39 is 0 Å². The van der Waals surface area contributed by atoms with E-state index in [-0.39, 0.29) is 5.91 Å². The standard InChI is InChI=1S/C16H19N5O/c22-16(21-9-8-20-6-3-13(21)4-7-20)15-10-14(18-19-15)12-2-1-5-17-11-12/h1-2,5,10-11,13H,3-4,6-9H2,(H,18,19). The molecule has 0 spiro atoms. The van der Waals surface area contributed by atoms with Gasteiger partial charge in [-0.3, -0.25) is 14.9 Å². The number of fused-ring (bicyclic) bond motifs is 4. The van der Waals surface area contributed by atoms with Crippen molar-refractivity contribution >= 4 is 5.91 Å². The van der Waals surface area contributed by atoms with Crippen LogP contribution in [0.2, 0.25) is 0 Å². The molecule has 6 heteroatoms. The lowest BCUT2D eigenvalue weighted by molar-refractivity contribution is 0.0679. The number of carbonyl (C=O) groups is 1. The lowest BCUT2D eigenvalue weighted by atomic mass is 10.0. The van der Waals surface area contributed by atoms with Crippen LogP contribution in [-0.4, -0.2) is 63.1 Å². The summed E-state index contributed by atoms with van der Waals surface area (Å²) in [6.45, 7) is 4.01. The first-order chi connectivity index (χ1) is 10.8. The third kappa shape index (κ3) is 2.39. The van der Waals surface area contributed by atoms with Gasteiger partial charge in [0.15, 0.2) is 0 Å². The molecule has 3 fully saturated rings. The summed E-state index contributed by atoms with van der Waals surface area (Å²) >= 11 is 0. The number of hydrogen-bond acceptors (Lipinski definition) is 4. The van der Waals surface area contributed by atoms with Gasteiger partial charge in [0.05, 0.1) is 5.69 Å². The van der Waals surface area contributed by atoms with E-state index >= 15 is 0 Å². The summed E-state index contributed by atoms with van der Waals surface area (Å²) in [5, 5.41) is 7.16. The van der Waals surface area contributed by atoms with Crippen LogP contribution in [0.5, 0.6) is 0 Å². The third-order valence-corrected chi connectivity index (χ3v) is 4.68. The SMILES string of the molecule is O=C(c1cc(-c2cccnc2)n[nH]1)N1CCN2CCC1CC2. The smallest absolute Gasteiger partial charge is 0.272 e. The van der Waals surface area contributed by atoms with Gasteiger partial charge < -0.3 is 9.80 Å². The van der Waals surface area contributed by atoms with Crippen LogP contribution in [0.3, 0.4) is 0 Å². The monoisotopic (exact) mass is 297 g/mol. The molecule has 2 aromatic heterocycles. The molecule has 0 aromatic carbocycles. The largest absolute Gasteiger partial charge is 0.333 e. The van der Waals surface area contributed by atoms with E-state index in [1.807, 2.05) is 23.1 Å². The van der Waals surface area contributed by atoms with Gasteiger partial charge in [0.1, 0.15) is 5.69 Å². The van der Waals surface area contributed by atoms with Crippen LogP contribution in [0.4, 0.5) is 0 Å². The molecule has 0 aliphatic carbocycles. The second-order valence-corrected chi connectivity index (χ2v) is 5.98. The van der Waals surface area contributed by atoms with E-state index in [4.69, 9.17) is 0 Å². The molecular weight excluding hydrogens is 278 g/mol. The Labute approximate surface area is 129 Å². The molecular formula is C16H19N5O. The molecule has 0 radical (unpaired) electrons. The number of aromatic amines is 1. The normalized spacial score (nSPS) is 24.3. The number of aromatic nitrogens is 3. The molecule has 2 aromatic rings. The van der Waals surface area contributed by atoms with E-state index in [0.29, 0.717) is 11.7 Å². The summed E-state index contributed by atoms with van der Waals surface area (Å²) in [4.78, 5) is 21.4. The Kier molecular flexibility index (Phi) is 3.38. The van der Waals surface area contributed by atoms with Crippen molar-refractivity contribution in [3.63, 3.8) is 0 Å². The predicted molar refractivity (Wildman–Crippen MR) is 82.3 cm³/mol. The minimum Gasteiger partial charge on any atom is -0.333 e. The molecule has 1 N–H and O–H groups in total. The van der Waals surface area contributed by atoms with Crippen molar-refractivity contribution in [2.75, 3.05) is 26.2 Å². The summed E-state index contributed by atoms with van der Waals surface area (Å²) < 4.78 is 0. The Morgan fingerprint density at radius 3 is 2.86 bits per heavy atom. The topological polar surface area (TPSA) is 65.1 Å². The van der Waals surface area contributed by atoms with Gasteiger partial charge in [-0.05, 0) is 31.0 Å². The Hall–Kier alpha value is -2.21. The quantitative estimate of drug-likeness (QED) is 0.910. The molecule has 22 heavy (non-hydrogen) atoms. The second-order valence-electron chi connectivity index (χ2n) is 5.98. The highest BCUT2D eigenvalue weighted by atomic mass is 16.2. The van der Waals surface area contributed by atoms with Crippen molar-refractivity contribution in [1.82, 2.24) is 25.0 Å². The Morgan fingerprint density at radius 1 is 1.23 bits per heavy atom. The van der Waals surface area contributed by atoms with E-state index in [1.165, 1.54) is 0 Å². The van der Waals surface area contributed by atoms with Crippen molar-refractivity contribution in [2.45, 2.75) is 18.9 Å². The number of amides is 1. The summed E-state index contributed by atoms with van der Waals surface area (Å²) in [5.41, 5.74) is 2.25. The fraction of sp³-hybridized carbons (Fsp3) is 0.438. The predicted octanol–water partition coefficient (Wildman–Crippen LogP) is 1.39. The van der Waals surface area contributed by atoms with Gasteiger partial charge in [-0.15, -0.1) is 0 Å². The minimum atomic E-state index is 0.0661. The van der Waals surface area contributed by atoms with Crippen LogP contribution in [0.15, 0.2) is 30.6 Å². The first-order valence-corrected chi connectivity index (χ1v) is 7.80. The molecule has 0 atom stereocenters. The average molecular weight is 297 g/mol. The summed E-state index contributed by atoms with van der Waals surface area (Å²) in [5.74, 6) is 0.0661. The molecule has 5 heterocycles. The Balaban J connectivity index is 1.57. The fourth-order valence-corrected chi connectivity index (χ4v) is 3.40. The number of hydrogen-bond donors (Lipinski definition) is 1. The summed E-state index contributed by atoms with van der Waals surface area (Å²) in [7, 11) is 0. The van der Waals surface area contributed by atoms with Crippen molar-refractivity contribution < 1.29 is 4.79 Å². The molecule has 0 unspecified atom stereocenters. The van der Waals surface area contributed by atoms with Gasteiger partial charge in [-0.25, -0.2) is 0 Å². The Bertz CT molecular complexity index is 660. The summed E-state index contributed by atoms with van der Waals surface area (Å²) in [6.07, 6.45) is 5.64. The van der Waals surface area contributed by atoms with Gasteiger partial charge in [0.2, 0.25) is 0 Å². The molecule has 114 valence electrons. The zero-order chi connectivity index (χ0) is 14.9. The average Bonchev–Trinajstić information content (AvgIpc) is 2.88. The molecule has 2 bridgehead atoms. The van der Waals surface area contributed by atoms with Crippen molar-refractivity contribution in [3.8, 4) is 11.3 Å². The number of carbonyl (C=O) groups excluding carboxylic acids is 1. The number of piperidine rings is 1.